The lowest BCUT2D eigenvalue weighted by molar-refractivity contribution is 0.0950. The van der Waals surface area contributed by atoms with Gasteiger partial charge in [-0.1, -0.05) is 6.07 Å². The van der Waals surface area contributed by atoms with Crippen molar-refractivity contribution < 1.29 is 27.4 Å². The molecule has 0 saturated heterocycles. The van der Waals surface area contributed by atoms with Gasteiger partial charge in [0, 0.05) is 31.8 Å². The summed E-state index contributed by atoms with van der Waals surface area (Å²) in [5, 5.41) is 2.76. The summed E-state index contributed by atoms with van der Waals surface area (Å²) in [7, 11) is 3.77. The lowest BCUT2D eigenvalue weighted by Gasteiger charge is -2.16. The molecule has 0 unspecified atom stereocenters. The first-order valence-corrected chi connectivity index (χ1v) is 9.78. The highest BCUT2D eigenvalue weighted by Crippen LogP contribution is 2.39. The van der Waals surface area contributed by atoms with Gasteiger partial charge in [0.2, 0.25) is 15.8 Å². The molecule has 28 heavy (non-hydrogen) atoms. The van der Waals surface area contributed by atoms with E-state index in [0.717, 1.165) is 4.31 Å². The monoisotopic (exact) mass is 408 g/mol. The van der Waals surface area contributed by atoms with Gasteiger partial charge in [0.05, 0.1) is 26.2 Å². The molecule has 0 heterocycles. The minimum Gasteiger partial charge on any atom is -0.493 e. The van der Waals surface area contributed by atoms with E-state index in [1.54, 1.807) is 18.2 Å². The van der Waals surface area contributed by atoms with Gasteiger partial charge in [-0.15, -0.1) is 0 Å². The Kier molecular flexibility index (Phi) is 6.87. The SMILES string of the molecule is COc1ccc(CNC(=O)c2cccc(S(=O)(=O)N(C)C)c2)c(OC)c1OC. The lowest BCUT2D eigenvalue weighted by Crippen LogP contribution is -2.25. The molecule has 8 nitrogen and oxygen atoms in total. The second-order valence-electron chi connectivity index (χ2n) is 5.99. The van der Waals surface area contributed by atoms with Gasteiger partial charge in [-0.05, 0) is 30.3 Å². The van der Waals surface area contributed by atoms with E-state index in [1.807, 2.05) is 0 Å². The Morgan fingerprint density at radius 2 is 1.68 bits per heavy atom. The van der Waals surface area contributed by atoms with Crippen LogP contribution in [-0.2, 0) is 16.6 Å². The molecule has 0 aliphatic carbocycles. The highest BCUT2D eigenvalue weighted by atomic mass is 32.2. The molecule has 2 rings (SSSR count). The molecule has 9 heteroatoms. The Bertz CT molecular complexity index is 957. The minimum atomic E-state index is -3.62. The zero-order valence-corrected chi connectivity index (χ0v) is 17.3. The molecule has 0 saturated carbocycles. The topological polar surface area (TPSA) is 94.2 Å². The molecule has 0 fully saturated rings. The number of benzene rings is 2. The Balaban J connectivity index is 2.24. The number of carbonyl (C=O) groups excluding carboxylic acids is 1. The van der Waals surface area contributed by atoms with Gasteiger partial charge in [0.25, 0.3) is 5.91 Å². The average molecular weight is 408 g/mol. The van der Waals surface area contributed by atoms with E-state index < -0.39 is 15.9 Å². The number of nitrogens with zero attached hydrogens (tertiary/aromatic N) is 1. The predicted octanol–water partition coefficient (Wildman–Crippen LogP) is 1.89. The molecule has 152 valence electrons. The van der Waals surface area contributed by atoms with Crippen LogP contribution in [0.1, 0.15) is 15.9 Å². The largest absolute Gasteiger partial charge is 0.493 e. The summed E-state index contributed by atoms with van der Waals surface area (Å²) in [4.78, 5) is 12.6. The Morgan fingerprint density at radius 1 is 1.00 bits per heavy atom. The van der Waals surface area contributed by atoms with Crippen molar-refractivity contribution in [3.63, 3.8) is 0 Å². The molecule has 0 bridgehead atoms. The van der Waals surface area contributed by atoms with Crippen molar-refractivity contribution >= 4 is 15.9 Å². The van der Waals surface area contributed by atoms with E-state index in [1.165, 1.54) is 53.6 Å². The van der Waals surface area contributed by atoms with Crippen LogP contribution in [0.25, 0.3) is 0 Å². The van der Waals surface area contributed by atoms with Crippen LogP contribution in [0.5, 0.6) is 17.2 Å². The van der Waals surface area contributed by atoms with E-state index in [4.69, 9.17) is 14.2 Å². The molecular formula is C19H24N2O6S. The quantitative estimate of drug-likeness (QED) is 0.717. The number of rotatable bonds is 8. The van der Waals surface area contributed by atoms with Crippen molar-refractivity contribution in [1.29, 1.82) is 0 Å². The molecule has 0 radical (unpaired) electrons. The first-order valence-electron chi connectivity index (χ1n) is 8.34. The van der Waals surface area contributed by atoms with Crippen molar-refractivity contribution in [1.82, 2.24) is 9.62 Å². The van der Waals surface area contributed by atoms with E-state index in [0.29, 0.717) is 22.8 Å². The first-order chi connectivity index (χ1) is 13.3. The van der Waals surface area contributed by atoms with Crippen LogP contribution in [0.4, 0.5) is 0 Å². The molecule has 1 N–H and O–H groups in total. The number of hydrogen-bond donors (Lipinski definition) is 1. The molecule has 0 atom stereocenters. The average Bonchev–Trinajstić information content (AvgIpc) is 2.70. The fourth-order valence-corrected chi connectivity index (χ4v) is 3.54. The van der Waals surface area contributed by atoms with Crippen molar-refractivity contribution in [2.24, 2.45) is 0 Å². The number of hydrogen-bond acceptors (Lipinski definition) is 6. The summed E-state index contributed by atoms with van der Waals surface area (Å²) in [6.07, 6.45) is 0. The second kappa shape index (κ2) is 8.94. The van der Waals surface area contributed by atoms with Crippen molar-refractivity contribution in [2.75, 3.05) is 35.4 Å². The minimum absolute atomic E-state index is 0.0499. The molecule has 1 amide bonds. The van der Waals surface area contributed by atoms with Gasteiger partial charge < -0.3 is 19.5 Å². The number of methoxy groups -OCH3 is 3. The number of amides is 1. The van der Waals surface area contributed by atoms with E-state index in [-0.39, 0.29) is 17.0 Å². The lowest BCUT2D eigenvalue weighted by atomic mass is 10.1. The number of sulfonamides is 1. The van der Waals surface area contributed by atoms with Crippen molar-refractivity contribution in [3.05, 3.63) is 47.5 Å². The van der Waals surface area contributed by atoms with E-state index in [2.05, 4.69) is 5.32 Å². The highest BCUT2D eigenvalue weighted by molar-refractivity contribution is 7.89. The number of carbonyl (C=O) groups is 1. The zero-order valence-electron chi connectivity index (χ0n) is 16.5. The van der Waals surface area contributed by atoms with Crippen LogP contribution in [0.15, 0.2) is 41.3 Å². The molecular weight excluding hydrogens is 384 g/mol. The third-order valence-electron chi connectivity index (χ3n) is 4.10. The fraction of sp³-hybridized carbons (Fsp3) is 0.316. The standard InChI is InChI=1S/C19H24N2O6S/c1-21(2)28(23,24)15-8-6-7-13(11-15)19(22)20-12-14-9-10-16(25-3)18(27-5)17(14)26-4/h6-11H,12H2,1-5H3,(H,20,22). The van der Waals surface area contributed by atoms with Crippen LogP contribution in [-0.4, -0.2) is 54.1 Å². The number of ether oxygens (including phenoxy) is 3. The van der Waals surface area contributed by atoms with Gasteiger partial charge in [-0.2, -0.15) is 0 Å². The maximum atomic E-state index is 12.5. The van der Waals surface area contributed by atoms with Crippen LogP contribution < -0.4 is 19.5 Å². The summed E-state index contributed by atoms with van der Waals surface area (Å²) < 4.78 is 41.6. The van der Waals surface area contributed by atoms with Crippen LogP contribution in [0.2, 0.25) is 0 Å². The van der Waals surface area contributed by atoms with Crippen LogP contribution in [0, 0.1) is 0 Å². The fourth-order valence-electron chi connectivity index (χ4n) is 2.59. The third kappa shape index (κ3) is 4.37. The zero-order chi connectivity index (χ0) is 20.9. The molecule has 0 aromatic heterocycles. The molecule has 2 aromatic rings. The van der Waals surface area contributed by atoms with Crippen molar-refractivity contribution in [3.8, 4) is 17.2 Å². The predicted molar refractivity (Wildman–Crippen MR) is 105 cm³/mol. The third-order valence-corrected chi connectivity index (χ3v) is 5.91. The Hall–Kier alpha value is -2.78. The van der Waals surface area contributed by atoms with Crippen LogP contribution >= 0.6 is 0 Å². The Labute approximate surface area is 165 Å². The van der Waals surface area contributed by atoms with Gasteiger partial charge >= 0.3 is 0 Å². The van der Waals surface area contributed by atoms with Crippen LogP contribution in [0.3, 0.4) is 0 Å². The number of nitrogens with one attached hydrogen (secondary N) is 1. The smallest absolute Gasteiger partial charge is 0.251 e. The van der Waals surface area contributed by atoms with E-state index in [9.17, 15) is 13.2 Å². The summed E-state index contributed by atoms with van der Waals surface area (Å²) >= 11 is 0. The summed E-state index contributed by atoms with van der Waals surface area (Å²) in [6.45, 7) is 0.160. The van der Waals surface area contributed by atoms with Gasteiger partial charge in [0.15, 0.2) is 11.5 Å². The van der Waals surface area contributed by atoms with Gasteiger partial charge in [0.1, 0.15) is 0 Å². The molecule has 2 aromatic carbocycles. The molecule has 0 aliphatic heterocycles. The summed E-state index contributed by atoms with van der Waals surface area (Å²) in [5.41, 5.74) is 0.924. The highest BCUT2D eigenvalue weighted by Gasteiger charge is 2.20. The maximum Gasteiger partial charge on any atom is 0.251 e. The van der Waals surface area contributed by atoms with Crippen molar-refractivity contribution in [2.45, 2.75) is 11.4 Å². The normalized spacial score (nSPS) is 11.2. The summed E-state index contributed by atoms with van der Waals surface area (Å²) in [5.74, 6) is 0.977. The maximum absolute atomic E-state index is 12.5. The van der Waals surface area contributed by atoms with E-state index >= 15 is 0 Å². The van der Waals surface area contributed by atoms with Gasteiger partial charge in [-0.3, -0.25) is 4.79 Å². The van der Waals surface area contributed by atoms with Gasteiger partial charge in [-0.25, -0.2) is 12.7 Å². The summed E-state index contributed by atoms with van der Waals surface area (Å²) in [6, 6.07) is 9.35. The molecule has 0 spiro atoms. The molecule has 0 aliphatic rings. The first kappa shape index (κ1) is 21.5. The Morgan fingerprint density at radius 3 is 2.25 bits per heavy atom. The second-order valence-corrected chi connectivity index (χ2v) is 8.14.